The molecular weight excluding hydrogens is 502 g/mol. The Morgan fingerprint density at radius 3 is 2.24 bits per heavy atom. The van der Waals surface area contributed by atoms with Gasteiger partial charge in [-0.2, -0.15) is 0 Å². The number of aliphatic carboxylic acids is 1. The fraction of sp³-hybridized carbons (Fsp3) is 0.605. The van der Waals surface area contributed by atoms with E-state index in [9.17, 15) is 9.90 Å². The lowest BCUT2D eigenvalue weighted by Crippen LogP contribution is -2.31. The van der Waals surface area contributed by atoms with Gasteiger partial charge in [-0.1, -0.05) is 112 Å². The van der Waals surface area contributed by atoms with Crippen molar-refractivity contribution in [3.63, 3.8) is 0 Å². The molecule has 1 aliphatic rings. The van der Waals surface area contributed by atoms with Crippen LogP contribution in [0.1, 0.15) is 121 Å². The highest BCUT2D eigenvalue weighted by molar-refractivity contribution is 5.67. The number of hydrogen-bond donors (Lipinski definition) is 2. The smallest absolute Gasteiger partial charge is 0.303 e. The zero-order valence-electron chi connectivity index (χ0n) is 25.8. The lowest BCUT2D eigenvalue weighted by Gasteiger charge is -2.37. The highest BCUT2D eigenvalue weighted by Gasteiger charge is 2.40. The van der Waals surface area contributed by atoms with E-state index in [-0.39, 0.29) is 17.8 Å². The van der Waals surface area contributed by atoms with Crippen LogP contribution in [0.15, 0.2) is 72.8 Å². The number of aryl methyl sites for hydroxylation is 1. The lowest BCUT2D eigenvalue weighted by atomic mass is 9.67. The van der Waals surface area contributed by atoms with E-state index in [0.29, 0.717) is 18.4 Å². The Hall–Kier alpha value is -2.39. The molecule has 41 heavy (non-hydrogen) atoms. The second kappa shape index (κ2) is 18.9. The van der Waals surface area contributed by atoms with Crippen LogP contribution in [0.2, 0.25) is 0 Å². The summed E-state index contributed by atoms with van der Waals surface area (Å²) in [6.45, 7) is 2.90. The molecule has 3 unspecified atom stereocenters. The van der Waals surface area contributed by atoms with Crippen LogP contribution in [0.3, 0.4) is 0 Å². The Morgan fingerprint density at radius 1 is 0.878 bits per heavy atom. The molecule has 3 atom stereocenters. The van der Waals surface area contributed by atoms with Crippen molar-refractivity contribution in [2.75, 3.05) is 6.54 Å². The quantitative estimate of drug-likeness (QED) is 0.118. The standard InChI is InChI=1S/C38H57NO2/c1-2-3-4-5-6-7-10-19-33(23-22-32-17-11-8-12-18-32)24-25-34(26-29-39)35(30-37(40)41)31-38(27-15-16-28-38)36-20-13-9-14-21-36/h7-14,17-18,20-21,33-35H,2-6,15-16,19,22-31,39H2,1H3,(H,40,41). The van der Waals surface area contributed by atoms with Crippen molar-refractivity contribution in [2.45, 2.75) is 121 Å². The zero-order chi connectivity index (χ0) is 29.2. The van der Waals surface area contributed by atoms with E-state index in [1.807, 2.05) is 0 Å². The average Bonchev–Trinajstić information content (AvgIpc) is 3.47. The van der Waals surface area contributed by atoms with Crippen LogP contribution >= 0.6 is 0 Å². The van der Waals surface area contributed by atoms with Crippen molar-refractivity contribution < 1.29 is 9.90 Å². The number of benzene rings is 2. The molecule has 1 fully saturated rings. The maximum atomic E-state index is 12.2. The van der Waals surface area contributed by atoms with Crippen molar-refractivity contribution in [2.24, 2.45) is 23.5 Å². The first-order valence-corrected chi connectivity index (χ1v) is 16.7. The van der Waals surface area contributed by atoms with Gasteiger partial charge in [0.15, 0.2) is 0 Å². The third-order valence-electron chi connectivity index (χ3n) is 9.73. The summed E-state index contributed by atoms with van der Waals surface area (Å²) in [5.74, 6) is 0.472. The molecule has 0 radical (unpaired) electrons. The van der Waals surface area contributed by atoms with Crippen LogP contribution in [-0.2, 0) is 16.6 Å². The Balaban J connectivity index is 1.70. The molecule has 3 heteroatoms. The van der Waals surface area contributed by atoms with Gasteiger partial charge in [-0.3, -0.25) is 4.79 Å². The van der Waals surface area contributed by atoms with Gasteiger partial charge in [0.25, 0.3) is 0 Å². The highest BCUT2D eigenvalue weighted by Crippen LogP contribution is 2.48. The molecule has 0 bridgehead atoms. The third-order valence-corrected chi connectivity index (χ3v) is 9.73. The molecule has 0 aliphatic heterocycles. The van der Waals surface area contributed by atoms with Gasteiger partial charge in [-0.25, -0.2) is 0 Å². The van der Waals surface area contributed by atoms with E-state index >= 15 is 0 Å². The molecule has 3 N–H and O–H groups in total. The second-order valence-corrected chi connectivity index (χ2v) is 12.8. The number of nitrogens with two attached hydrogens (primary N) is 1. The van der Waals surface area contributed by atoms with Gasteiger partial charge in [0, 0.05) is 6.42 Å². The van der Waals surface area contributed by atoms with Crippen molar-refractivity contribution >= 4 is 5.97 Å². The molecule has 0 heterocycles. The molecule has 1 saturated carbocycles. The summed E-state index contributed by atoms with van der Waals surface area (Å²) in [5.41, 5.74) is 9.11. The fourth-order valence-corrected chi connectivity index (χ4v) is 7.36. The average molecular weight is 560 g/mol. The van der Waals surface area contributed by atoms with Crippen molar-refractivity contribution in [1.29, 1.82) is 0 Å². The first-order chi connectivity index (χ1) is 20.1. The number of carbonyl (C=O) groups is 1. The number of unbranched alkanes of at least 4 members (excludes halogenated alkanes) is 4. The van der Waals surface area contributed by atoms with E-state index in [1.54, 1.807) is 0 Å². The maximum Gasteiger partial charge on any atom is 0.303 e. The maximum absolute atomic E-state index is 12.2. The molecule has 2 aromatic rings. The lowest BCUT2D eigenvalue weighted by molar-refractivity contribution is -0.138. The summed E-state index contributed by atoms with van der Waals surface area (Å²) in [7, 11) is 0. The minimum absolute atomic E-state index is 0.113. The minimum Gasteiger partial charge on any atom is -0.481 e. The first-order valence-electron chi connectivity index (χ1n) is 16.7. The van der Waals surface area contributed by atoms with E-state index in [4.69, 9.17) is 5.73 Å². The van der Waals surface area contributed by atoms with Crippen LogP contribution in [0.4, 0.5) is 0 Å². The molecule has 2 aromatic carbocycles. The molecule has 0 aromatic heterocycles. The third kappa shape index (κ3) is 11.8. The van der Waals surface area contributed by atoms with Crippen LogP contribution in [-0.4, -0.2) is 17.6 Å². The van der Waals surface area contributed by atoms with Gasteiger partial charge in [-0.15, -0.1) is 0 Å². The normalized spacial score (nSPS) is 17.0. The van der Waals surface area contributed by atoms with E-state index in [0.717, 1.165) is 38.5 Å². The molecule has 3 rings (SSSR count). The Morgan fingerprint density at radius 2 is 1.59 bits per heavy atom. The molecule has 0 amide bonds. The minimum atomic E-state index is -0.662. The van der Waals surface area contributed by atoms with Crippen molar-refractivity contribution in [3.05, 3.63) is 83.9 Å². The molecule has 3 nitrogen and oxygen atoms in total. The number of carboxylic acid groups (broad SMARTS) is 1. The number of hydrogen-bond acceptors (Lipinski definition) is 2. The van der Waals surface area contributed by atoms with Crippen molar-refractivity contribution in [3.8, 4) is 0 Å². The monoisotopic (exact) mass is 559 g/mol. The summed E-state index contributed by atoms with van der Waals surface area (Å²) >= 11 is 0. The van der Waals surface area contributed by atoms with Gasteiger partial charge in [0.1, 0.15) is 0 Å². The molecular formula is C38H57NO2. The van der Waals surface area contributed by atoms with E-state index in [2.05, 4.69) is 79.7 Å². The molecule has 0 saturated heterocycles. The van der Waals surface area contributed by atoms with Crippen molar-refractivity contribution in [1.82, 2.24) is 0 Å². The SMILES string of the molecule is CCCCCCC=CCC(CCc1ccccc1)CCC(CCN)C(CC(=O)O)CC1(c2ccccc2)CCCC1. The Bertz CT molecular complexity index is 980. The summed E-state index contributed by atoms with van der Waals surface area (Å²) in [6.07, 6.45) is 23.8. The van der Waals surface area contributed by atoms with Crippen LogP contribution in [0.5, 0.6) is 0 Å². The predicted octanol–water partition coefficient (Wildman–Crippen LogP) is 9.89. The van der Waals surface area contributed by atoms with Gasteiger partial charge >= 0.3 is 5.97 Å². The number of carboxylic acids is 1. The van der Waals surface area contributed by atoms with Crippen LogP contribution in [0.25, 0.3) is 0 Å². The number of rotatable bonds is 21. The summed E-state index contributed by atoms with van der Waals surface area (Å²) in [6, 6.07) is 21.8. The molecule has 226 valence electrons. The van der Waals surface area contributed by atoms with Crippen LogP contribution in [0, 0.1) is 17.8 Å². The zero-order valence-corrected chi connectivity index (χ0v) is 25.8. The van der Waals surface area contributed by atoms with Gasteiger partial charge in [0.05, 0.1) is 0 Å². The Labute approximate surface area is 251 Å². The number of allylic oxidation sites excluding steroid dienone is 2. The molecule has 0 spiro atoms. The Kier molecular flexibility index (Phi) is 15.3. The van der Waals surface area contributed by atoms with Gasteiger partial charge in [-0.05, 0) is 111 Å². The predicted molar refractivity (Wildman–Crippen MR) is 174 cm³/mol. The second-order valence-electron chi connectivity index (χ2n) is 12.8. The van der Waals surface area contributed by atoms with Crippen LogP contribution < -0.4 is 5.73 Å². The van der Waals surface area contributed by atoms with E-state index < -0.39 is 5.97 Å². The largest absolute Gasteiger partial charge is 0.481 e. The van der Waals surface area contributed by atoms with Gasteiger partial charge in [0.2, 0.25) is 0 Å². The van der Waals surface area contributed by atoms with E-state index in [1.165, 1.54) is 75.3 Å². The summed E-state index contributed by atoms with van der Waals surface area (Å²) in [4.78, 5) is 12.2. The summed E-state index contributed by atoms with van der Waals surface area (Å²) in [5, 5.41) is 10.00. The first kappa shape index (κ1) is 33.1. The fourth-order valence-electron chi connectivity index (χ4n) is 7.36. The highest BCUT2D eigenvalue weighted by atomic mass is 16.4. The molecule has 1 aliphatic carbocycles. The van der Waals surface area contributed by atoms with Gasteiger partial charge < -0.3 is 10.8 Å². The summed E-state index contributed by atoms with van der Waals surface area (Å²) < 4.78 is 0. The topological polar surface area (TPSA) is 63.3 Å².